The van der Waals surface area contributed by atoms with Crippen molar-refractivity contribution in [1.29, 1.82) is 0 Å². The maximum atomic E-state index is 11.6. The van der Waals surface area contributed by atoms with Crippen LogP contribution in [0.1, 0.15) is 25.3 Å². The molecule has 5 nitrogen and oxygen atoms in total. The minimum atomic E-state index is -0.212. The highest BCUT2D eigenvalue weighted by molar-refractivity contribution is 5.97. The van der Waals surface area contributed by atoms with Gasteiger partial charge in [-0.05, 0) is 30.5 Å². The molecule has 0 saturated carbocycles. The van der Waals surface area contributed by atoms with E-state index in [0.29, 0.717) is 0 Å². The molecule has 0 bridgehead atoms. The average Bonchev–Trinajstić information content (AvgIpc) is 2.38. The van der Waals surface area contributed by atoms with E-state index in [9.17, 15) is 9.59 Å². The van der Waals surface area contributed by atoms with Gasteiger partial charge in [0.05, 0.1) is 13.0 Å². The zero-order valence-corrected chi connectivity index (χ0v) is 11.0. The summed E-state index contributed by atoms with van der Waals surface area (Å²) in [5.74, 6) is -0.198. The smallest absolute Gasteiger partial charge is 0.226 e. The van der Waals surface area contributed by atoms with Crippen molar-refractivity contribution in [2.24, 2.45) is 0 Å². The summed E-state index contributed by atoms with van der Waals surface area (Å²) in [5, 5.41) is 11.5. The molecule has 1 aliphatic heterocycles. The van der Waals surface area contributed by atoms with Crippen LogP contribution in [0, 0.1) is 0 Å². The number of carbonyl (C=O) groups is 2. The van der Waals surface area contributed by atoms with Gasteiger partial charge >= 0.3 is 0 Å². The Balaban J connectivity index is 2.30. The molecule has 102 valence electrons. The van der Waals surface area contributed by atoms with Crippen molar-refractivity contribution in [2.45, 2.75) is 26.2 Å². The molecule has 0 atom stereocenters. The molecule has 0 spiro atoms. The molecule has 5 heteroatoms. The Morgan fingerprint density at radius 3 is 2.89 bits per heavy atom. The molecule has 1 aromatic rings. The van der Waals surface area contributed by atoms with Crippen molar-refractivity contribution in [2.75, 3.05) is 23.4 Å². The summed E-state index contributed by atoms with van der Waals surface area (Å²) in [7, 11) is 0. The molecule has 1 aromatic carbocycles. The van der Waals surface area contributed by atoms with Gasteiger partial charge in [0.25, 0.3) is 0 Å². The molecule has 0 aromatic heterocycles. The number of nitrogens with one attached hydrogen (secondary N) is 1. The fraction of sp³-hybridized carbons (Fsp3) is 0.429. The number of aliphatic hydroxyl groups excluding tert-OH is 1. The molecule has 0 radical (unpaired) electrons. The van der Waals surface area contributed by atoms with Gasteiger partial charge in [0.2, 0.25) is 11.8 Å². The molecule has 2 rings (SSSR count). The lowest BCUT2D eigenvalue weighted by Crippen LogP contribution is -2.34. The average molecular weight is 262 g/mol. The summed E-state index contributed by atoms with van der Waals surface area (Å²) in [6.07, 6.45) is 1.81. The van der Waals surface area contributed by atoms with Crippen LogP contribution in [-0.4, -0.2) is 30.1 Å². The van der Waals surface area contributed by atoms with E-state index in [2.05, 4.69) is 5.32 Å². The number of aliphatic hydroxyl groups is 1. The minimum Gasteiger partial charge on any atom is -0.396 e. The maximum absolute atomic E-state index is 11.6. The van der Waals surface area contributed by atoms with E-state index < -0.39 is 0 Å². The van der Waals surface area contributed by atoms with Crippen LogP contribution in [0.15, 0.2) is 18.2 Å². The van der Waals surface area contributed by atoms with Crippen LogP contribution in [0.25, 0.3) is 0 Å². The zero-order valence-electron chi connectivity index (χ0n) is 11.0. The van der Waals surface area contributed by atoms with Crippen molar-refractivity contribution in [1.82, 2.24) is 0 Å². The van der Waals surface area contributed by atoms with Gasteiger partial charge in [-0.2, -0.15) is 0 Å². The number of anilines is 2. The first-order valence-electron chi connectivity index (χ1n) is 6.44. The normalized spacial score (nSPS) is 13.9. The summed E-state index contributed by atoms with van der Waals surface area (Å²) in [6, 6.07) is 5.56. The van der Waals surface area contributed by atoms with Crippen LogP contribution in [0.5, 0.6) is 0 Å². The lowest BCUT2D eigenvalue weighted by atomic mass is 9.99. The summed E-state index contributed by atoms with van der Waals surface area (Å²) in [5.41, 5.74) is 2.61. The van der Waals surface area contributed by atoms with Crippen molar-refractivity contribution in [3.63, 3.8) is 0 Å². The van der Waals surface area contributed by atoms with Gasteiger partial charge < -0.3 is 15.3 Å². The first-order chi connectivity index (χ1) is 9.13. The molecule has 2 amide bonds. The van der Waals surface area contributed by atoms with E-state index in [0.717, 1.165) is 36.3 Å². The van der Waals surface area contributed by atoms with Crippen molar-refractivity contribution < 1.29 is 14.7 Å². The Morgan fingerprint density at radius 1 is 1.42 bits per heavy atom. The second kappa shape index (κ2) is 5.84. The Bertz CT molecular complexity index is 499. The first-order valence-corrected chi connectivity index (χ1v) is 6.44. The number of hydrogen-bond acceptors (Lipinski definition) is 3. The van der Waals surface area contributed by atoms with Crippen LogP contribution < -0.4 is 10.2 Å². The van der Waals surface area contributed by atoms with Crippen LogP contribution in [0.2, 0.25) is 0 Å². The molecule has 0 aliphatic carbocycles. The summed E-state index contributed by atoms with van der Waals surface area (Å²) < 4.78 is 0. The third-order valence-corrected chi connectivity index (χ3v) is 3.24. The second-order valence-electron chi connectivity index (χ2n) is 4.60. The molecule has 0 fully saturated rings. The van der Waals surface area contributed by atoms with Crippen LogP contribution in [-0.2, 0) is 16.0 Å². The number of nitrogens with zero attached hydrogens (tertiary/aromatic N) is 1. The Morgan fingerprint density at radius 2 is 2.21 bits per heavy atom. The predicted octanol–water partition coefficient (Wildman–Crippen LogP) is 1.31. The Kier molecular flexibility index (Phi) is 4.16. The molecule has 1 heterocycles. The summed E-state index contributed by atoms with van der Waals surface area (Å²) >= 11 is 0. The molecular weight excluding hydrogens is 244 g/mol. The number of hydrogen-bond donors (Lipinski definition) is 2. The number of rotatable bonds is 3. The highest BCUT2D eigenvalue weighted by Crippen LogP contribution is 2.32. The highest BCUT2D eigenvalue weighted by Gasteiger charge is 2.22. The van der Waals surface area contributed by atoms with Gasteiger partial charge in [-0.3, -0.25) is 9.59 Å². The highest BCUT2D eigenvalue weighted by atomic mass is 16.3. The van der Waals surface area contributed by atoms with Crippen molar-refractivity contribution in [3.8, 4) is 0 Å². The molecule has 0 saturated heterocycles. The maximum Gasteiger partial charge on any atom is 0.226 e. The van der Waals surface area contributed by atoms with Crippen LogP contribution >= 0.6 is 0 Å². The second-order valence-corrected chi connectivity index (χ2v) is 4.60. The standard InChI is InChI=1S/C14H18N2O3/c1-10(18)16-8-3-4-11-12(5-2-6-13(11)16)15-14(19)7-9-17/h2,5-6,17H,3-4,7-9H2,1H3,(H,15,19). The van der Waals surface area contributed by atoms with E-state index in [1.54, 1.807) is 11.8 Å². The number of carbonyl (C=O) groups excluding carboxylic acids is 2. The van der Waals surface area contributed by atoms with Crippen LogP contribution in [0.3, 0.4) is 0 Å². The van der Waals surface area contributed by atoms with E-state index in [4.69, 9.17) is 5.11 Å². The number of fused-ring (bicyclic) bond motifs is 1. The van der Waals surface area contributed by atoms with Gasteiger partial charge in [0.15, 0.2) is 0 Å². The Labute approximate surface area is 112 Å². The molecule has 2 N–H and O–H groups in total. The lowest BCUT2D eigenvalue weighted by Gasteiger charge is -2.30. The molecule has 1 aliphatic rings. The monoisotopic (exact) mass is 262 g/mol. The van der Waals surface area contributed by atoms with Crippen molar-refractivity contribution in [3.05, 3.63) is 23.8 Å². The SMILES string of the molecule is CC(=O)N1CCCc2c(NC(=O)CCO)cccc21. The van der Waals surface area contributed by atoms with E-state index in [-0.39, 0.29) is 24.8 Å². The first kappa shape index (κ1) is 13.5. The number of benzene rings is 1. The largest absolute Gasteiger partial charge is 0.396 e. The fourth-order valence-electron chi connectivity index (χ4n) is 2.38. The van der Waals surface area contributed by atoms with Gasteiger partial charge in [0.1, 0.15) is 0 Å². The molecule has 0 unspecified atom stereocenters. The summed E-state index contributed by atoms with van der Waals surface area (Å²) in [6.45, 7) is 2.10. The zero-order chi connectivity index (χ0) is 13.8. The van der Waals surface area contributed by atoms with Crippen molar-refractivity contribution >= 4 is 23.2 Å². The van der Waals surface area contributed by atoms with E-state index in [1.165, 1.54) is 0 Å². The summed E-state index contributed by atoms with van der Waals surface area (Å²) in [4.78, 5) is 24.9. The topological polar surface area (TPSA) is 69.6 Å². The van der Waals surface area contributed by atoms with Gasteiger partial charge in [-0.15, -0.1) is 0 Å². The predicted molar refractivity (Wildman–Crippen MR) is 73.1 cm³/mol. The van der Waals surface area contributed by atoms with Gasteiger partial charge in [-0.1, -0.05) is 6.07 Å². The molecular formula is C14H18N2O3. The Hall–Kier alpha value is -1.88. The van der Waals surface area contributed by atoms with Crippen LogP contribution in [0.4, 0.5) is 11.4 Å². The van der Waals surface area contributed by atoms with E-state index in [1.807, 2.05) is 18.2 Å². The van der Waals surface area contributed by atoms with E-state index >= 15 is 0 Å². The fourth-order valence-corrected chi connectivity index (χ4v) is 2.38. The van der Waals surface area contributed by atoms with Gasteiger partial charge in [-0.25, -0.2) is 0 Å². The third kappa shape index (κ3) is 2.93. The van der Waals surface area contributed by atoms with Gasteiger partial charge in [0, 0.05) is 24.8 Å². The third-order valence-electron chi connectivity index (χ3n) is 3.24. The quantitative estimate of drug-likeness (QED) is 0.862. The lowest BCUT2D eigenvalue weighted by molar-refractivity contribution is -0.117. The minimum absolute atomic E-state index is 0.0137. The molecule has 19 heavy (non-hydrogen) atoms. The number of amides is 2.